The van der Waals surface area contributed by atoms with E-state index in [1.54, 1.807) is 11.0 Å². The third-order valence-electron chi connectivity index (χ3n) is 4.76. The molecule has 0 fully saturated rings. The lowest BCUT2D eigenvalue weighted by atomic mass is 9.91. The Hall–Kier alpha value is -2.94. The highest BCUT2D eigenvalue weighted by Crippen LogP contribution is 2.31. The van der Waals surface area contributed by atoms with Gasteiger partial charge in [-0.25, -0.2) is 18.3 Å². The normalized spacial score (nSPS) is 17.2. The molecule has 3 aromatic heterocycles. The van der Waals surface area contributed by atoms with E-state index in [9.17, 15) is 13.6 Å². The summed E-state index contributed by atoms with van der Waals surface area (Å²) in [5.74, 6) is -0.483. The lowest BCUT2D eigenvalue weighted by Crippen LogP contribution is -2.39. The van der Waals surface area contributed by atoms with Gasteiger partial charge in [-0.05, 0) is 19.1 Å². The highest BCUT2D eigenvalue weighted by molar-refractivity contribution is 6.33. The molecular formula is C18H15ClF2N6O. The molecule has 7 nitrogen and oxygen atoms in total. The van der Waals surface area contributed by atoms with E-state index < -0.39 is 6.43 Å². The highest BCUT2D eigenvalue weighted by Gasteiger charge is 2.29. The maximum Gasteiger partial charge on any atom is 0.280 e. The van der Waals surface area contributed by atoms with Crippen molar-refractivity contribution in [3.8, 4) is 0 Å². The maximum absolute atomic E-state index is 13.3. The zero-order chi connectivity index (χ0) is 19.8. The van der Waals surface area contributed by atoms with E-state index in [0.29, 0.717) is 24.3 Å². The van der Waals surface area contributed by atoms with Crippen molar-refractivity contribution in [1.29, 1.82) is 0 Å². The highest BCUT2D eigenvalue weighted by atomic mass is 35.5. The Bertz CT molecular complexity index is 1080. The summed E-state index contributed by atoms with van der Waals surface area (Å²) in [6.07, 6.45) is 3.34. The number of carbonyl (C=O) groups is 1. The smallest absolute Gasteiger partial charge is 0.280 e. The van der Waals surface area contributed by atoms with Crippen molar-refractivity contribution >= 4 is 23.3 Å². The Morgan fingerprint density at radius 3 is 2.96 bits per heavy atom. The Labute approximate surface area is 163 Å². The van der Waals surface area contributed by atoms with E-state index in [4.69, 9.17) is 11.6 Å². The Balaban J connectivity index is 1.73. The number of hydrogen-bond donors (Lipinski definition) is 0. The van der Waals surface area contributed by atoms with Gasteiger partial charge in [-0.2, -0.15) is 10.1 Å². The van der Waals surface area contributed by atoms with Crippen molar-refractivity contribution in [2.75, 3.05) is 13.1 Å². The van der Waals surface area contributed by atoms with Gasteiger partial charge in [0.25, 0.3) is 18.1 Å². The van der Waals surface area contributed by atoms with Crippen molar-refractivity contribution in [3.63, 3.8) is 0 Å². The van der Waals surface area contributed by atoms with E-state index >= 15 is 0 Å². The van der Waals surface area contributed by atoms with Crippen molar-refractivity contribution in [2.45, 2.75) is 19.3 Å². The minimum Gasteiger partial charge on any atom is -0.334 e. The van der Waals surface area contributed by atoms with Gasteiger partial charge in [-0.3, -0.25) is 9.78 Å². The molecule has 0 aliphatic carbocycles. The number of amides is 1. The largest absolute Gasteiger partial charge is 0.334 e. The summed E-state index contributed by atoms with van der Waals surface area (Å²) in [5.41, 5.74) is 1.43. The fraction of sp³-hybridized carbons (Fsp3) is 0.278. The minimum atomic E-state index is -2.73. The van der Waals surface area contributed by atoms with Crippen molar-refractivity contribution < 1.29 is 13.6 Å². The van der Waals surface area contributed by atoms with E-state index in [2.05, 4.69) is 20.1 Å². The molecule has 0 aromatic carbocycles. The lowest BCUT2D eigenvalue weighted by molar-refractivity contribution is 0.0759. The van der Waals surface area contributed by atoms with Gasteiger partial charge in [0.15, 0.2) is 0 Å². The van der Waals surface area contributed by atoms with Crippen LogP contribution in [0.1, 0.15) is 41.0 Å². The molecule has 4 heterocycles. The lowest BCUT2D eigenvalue weighted by Gasteiger charge is -2.32. The molecule has 0 spiro atoms. The van der Waals surface area contributed by atoms with Crippen LogP contribution in [-0.4, -0.2) is 48.5 Å². The number of fused-ring (bicyclic) bond motifs is 1. The first kappa shape index (κ1) is 18.4. The third-order valence-corrected chi connectivity index (χ3v) is 5.06. The number of alkyl halides is 2. The van der Waals surface area contributed by atoms with Gasteiger partial charge in [-0.1, -0.05) is 23.3 Å². The fourth-order valence-corrected chi connectivity index (χ4v) is 3.46. The second-order valence-electron chi connectivity index (χ2n) is 6.44. The maximum atomic E-state index is 13.3. The third kappa shape index (κ3) is 3.22. The molecule has 0 radical (unpaired) electrons. The van der Waals surface area contributed by atoms with Crippen molar-refractivity contribution in [2.24, 2.45) is 0 Å². The molecule has 10 heteroatoms. The summed E-state index contributed by atoms with van der Waals surface area (Å²) in [7, 11) is 0. The zero-order valence-electron chi connectivity index (χ0n) is 14.8. The number of rotatable bonds is 3. The number of hydrogen-bond acceptors (Lipinski definition) is 5. The number of halogens is 3. The minimum absolute atomic E-state index is 0.0984. The van der Waals surface area contributed by atoms with Crippen LogP contribution < -0.4 is 0 Å². The predicted octanol–water partition coefficient (Wildman–Crippen LogP) is 3.30. The van der Waals surface area contributed by atoms with E-state index in [1.807, 2.05) is 13.0 Å². The first-order chi connectivity index (χ1) is 13.5. The monoisotopic (exact) mass is 404 g/mol. The molecule has 4 rings (SSSR count). The summed E-state index contributed by atoms with van der Waals surface area (Å²) < 4.78 is 28.0. The van der Waals surface area contributed by atoms with Crippen LogP contribution in [0.3, 0.4) is 0 Å². The van der Waals surface area contributed by atoms with Gasteiger partial charge in [0.1, 0.15) is 12.0 Å². The quantitative estimate of drug-likeness (QED) is 0.626. The van der Waals surface area contributed by atoms with Crippen LogP contribution in [0.2, 0.25) is 5.02 Å². The van der Waals surface area contributed by atoms with Gasteiger partial charge >= 0.3 is 0 Å². The zero-order valence-corrected chi connectivity index (χ0v) is 15.5. The van der Waals surface area contributed by atoms with Crippen LogP contribution in [0.15, 0.2) is 42.5 Å². The number of aromatic nitrogens is 5. The molecule has 28 heavy (non-hydrogen) atoms. The molecule has 1 aliphatic rings. The number of pyridine rings is 1. The topological polar surface area (TPSA) is 76.3 Å². The van der Waals surface area contributed by atoms with Gasteiger partial charge < -0.3 is 4.90 Å². The average Bonchev–Trinajstić information content (AvgIpc) is 3.16. The van der Waals surface area contributed by atoms with Gasteiger partial charge in [-0.15, -0.1) is 0 Å². The SMILES string of the molecule is CC1=CCN(C(=O)c2ccncc2Cl)C[C@H]1c1cc(C(F)F)nc2ncnn12. The van der Waals surface area contributed by atoms with Gasteiger partial charge in [0, 0.05) is 31.4 Å². The predicted molar refractivity (Wildman–Crippen MR) is 97.4 cm³/mol. The average molecular weight is 405 g/mol. The van der Waals surface area contributed by atoms with Crippen LogP contribution >= 0.6 is 11.6 Å². The van der Waals surface area contributed by atoms with Crippen LogP contribution in [-0.2, 0) is 0 Å². The summed E-state index contributed by atoms with van der Waals surface area (Å²) in [6, 6.07) is 2.88. The molecule has 0 bridgehead atoms. The molecule has 0 saturated carbocycles. The summed E-state index contributed by atoms with van der Waals surface area (Å²) in [6.45, 7) is 2.59. The van der Waals surface area contributed by atoms with Crippen molar-refractivity contribution in [3.05, 3.63) is 64.5 Å². The summed E-state index contributed by atoms with van der Waals surface area (Å²) >= 11 is 6.10. The Morgan fingerprint density at radius 2 is 2.21 bits per heavy atom. The molecule has 0 N–H and O–H groups in total. The first-order valence-corrected chi connectivity index (χ1v) is 8.87. The van der Waals surface area contributed by atoms with Crippen LogP contribution in [0.4, 0.5) is 8.78 Å². The van der Waals surface area contributed by atoms with E-state index in [1.165, 1.54) is 29.3 Å². The van der Waals surface area contributed by atoms with Gasteiger partial charge in [0.2, 0.25) is 0 Å². The van der Waals surface area contributed by atoms with E-state index in [0.717, 1.165) is 5.57 Å². The van der Waals surface area contributed by atoms with Crippen LogP contribution in [0.5, 0.6) is 0 Å². The first-order valence-electron chi connectivity index (χ1n) is 8.50. The summed E-state index contributed by atoms with van der Waals surface area (Å²) in [5, 5.41) is 4.37. The molecule has 1 aliphatic heterocycles. The van der Waals surface area contributed by atoms with Crippen LogP contribution in [0, 0.1) is 0 Å². The van der Waals surface area contributed by atoms with Gasteiger partial charge in [0.05, 0.1) is 16.3 Å². The Kier molecular flexibility index (Phi) is 4.76. The second kappa shape index (κ2) is 7.23. The Morgan fingerprint density at radius 1 is 1.39 bits per heavy atom. The molecule has 3 aromatic rings. The molecule has 1 amide bonds. The standard InChI is InChI=1S/C18H15ClF2N6O/c1-10-3-5-26(17(28)11-2-4-22-7-13(11)19)8-12(10)15-6-14(16(20)21)25-18-23-9-24-27(15)18/h2-4,6-7,9,12,16H,5,8H2,1H3/t12-/m1/s1. The number of carbonyl (C=O) groups excluding carboxylic acids is 1. The number of nitrogens with zero attached hydrogens (tertiary/aromatic N) is 6. The van der Waals surface area contributed by atoms with Crippen LogP contribution in [0.25, 0.3) is 5.78 Å². The van der Waals surface area contributed by atoms with Crippen molar-refractivity contribution in [1.82, 2.24) is 29.5 Å². The molecule has 144 valence electrons. The molecule has 0 saturated heterocycles. The molecular weight excluding hydrogens is 390 g/mol. The fourth-order valence-electron chi connectivity index (χ4n) is 3.26. The molecule has 0 unspecified atom stereocenters. The molecule has 1 atom stereocenters. The van der Waals surface area contributed by atoms with E-state index in [-0.39, 0.29) is 28.3 Å². The summed E-state index contributed by atoms with van der Waals surface area (Å²) in [4.78, 5) is 26.2. The second-order valence-corrected chi connectivity index (χ2v) is 6.85.